The van der Waals surface area contributed by atoms with Crippen LogP contribution >= 0.6 is 11.6 Å². The van der Waals surface area contributed by atoms with Gasteiger partial charge in [0.05, 0.1) is 7.11 Å². The maximum Gasteiger partial charge on any atom is 0.123 e. The fraction of sp³-hybridized carbons (Fsp3) is 0.286. The zero-order chi connectivity index (χ0) is 12.7. The van der Waals surface area contributed by atoms with E-state index in [0.29, 0.717) is 5.02 Å². The van der Waals surface area contributed by atoms with Gasteiger partial charge in [0.1, 0.15) is 5.75 Å². The second kappa shape index (κ2) is 7.02. The average Bonchev–Trinajstić information content (AvgIpc) is 2.34. The first-order valence-electron chi connectivity index (χ1n) is 5.54. The molecule has 0 aliphatic heterocycles. The molecule has 17 heavy (non-hydrogen) atoms. The molecule has 1 rings (SSSR count). The lowest BCUT2D eigenvalue weighted by atomic mass is 10.0. The minimum absolute atomic E-state index is 0.698. The number of ether oxygens (including phenoxy) is 1. The van der Waals surface area contributed by atoms with Crippen molar-refractivity contribution in [1.29, 1.82) is 0 Å². The van der Waals surface area contributed by atoms with Crippen molar-refractivity contribution in [2.24, 2.45) is 5.73 Å². The Balaban J connectivity index is 2.69. The van der Waals surface area contributed by atoms with Crippen LogP contribution in [-0.2, 0) is 6.42 Å². The van der Waals surface area contributed by atoms with Gasteiger partial charge >= 0.3 is 0 Å². The van der Waals surface area contributed by atoms with Gasteiger partial charge in [0.2, 0.25) is 0 Å². The lowest BCUT2D eigenvalue weighted by molar-refractivity contribution is 0.409. The van der Waals surface area contributed by atoms with E-state index in [9.17, 15) is 0 Å². The molecule has 0 saturated heterocycles. The number of hydrogen-bond acceptors (Lipinski definition) is 2. The summed E-state index contributed by atoms with van der Waals surface area (Å²) in [4.78, 5) is 0. The Labute approximate surface area is 108 Å². The quantitative estimate of drug-likeness (QED) is 0.810. The Morgan fingerprint density at radius 3 is 2.88 bits per heavy atom. The fourth-order valence-corrected chi connectivity index (χ4v) is 1.72. The van der Waals surface area contributed by atoms with Crippen LogP contribution in [0.5, 0.6) is 5.75 Å². The van der Waals surface area contributed by atoms with Gasteiger partial charge in [0.25, 0.3) is 0 Å². The largest absolute Gasteiger partial charge is 0.496 e. The predicted molar refractivity (Wildman–Crippen MR) is 73.4 cm³/mol. The van der Waals surface area contributed by atoms with Crippen LogP contribution in [0.4, 0.5) is 0 Å². The minimum atomic E-state index is 0.698. The maximum absolute atomic E-state index is 5.91. The van der Waals surface area contributed by atoms with Crippen molar-refractivity contribution in [3.05, 3.63) is 52.7 Å². The molecule has 2 nitrogen and oxygen atoms in total. The number of hydrogen-bond donors (Lipinski definition) is 1. The monoisotopic (exact) mass is 251 g/mol. The number of benzene rings is 1. The van der Waals surface area contributed by atoms with Crippen LogP contribution in [0.3, 0.4) is 0 Å². The van der Waals surface area contributed by atoms with Gasteiger partial charge in [-0.3, -0.25) is 0 Å². The molecule has 1 aromatic carbocycles. The van der Waals surface area contributed by atoms with Crippen molar-refractivity contribution in [3.63, 3.8) is 0 Å². The SMILES string of the molecule is COc1cc(Cl)ccc1CC/C(C)=C\C=C/N. The van der Waals surface area contributed by atoms with Gasteiger partial charge in [-0.15, -0.1) is 0 Å². The van der Waals surface area contributed by atoms with Crippen molar-refractivity contribution in [3.8, 4) is 5.75 Å². The van der Waals surface area contributed by atoms with E-state index in [0.717, 1.165) is 18.6 Å². The summed E-state index contributed by atoms with van der Waals surface area (Å²) in [6.45, 7) is 2.09. The minimum Gasteiger partial charge on any atom is -0.496 e. The zero-order valence-corrected chi connectivity index (χ0v) is 11.0. The molecule has 3 heteroatoms. The molecule has 0 spiro atoms. The molecule has 0 bridgehead atoms. The van der Waals surface area contributed by atoms with E-state index in [1.165, 1.54) is 17.3 Å². The molecule has 1 aromatic rings. The fourth-order valence-electron chi connectivity index (χ4n) is 1.56. The third-order valence-electron chi connectivity index (χ3n) is 2.53. The summed E-state index contributed by atoms with van der Waals surface area (Å²) in [5, 5.41) is 0.698. The molecule has 92 valence electrons. The highest BCUT2D eigenvalue weighted by Gasteiger charge is 2.03. The van der Waals surface area contributed by atoms with Gasteiger partial charge in [-0.1, -0.05) is 29.3 Å². The number of methoxy groups -OCH3 is 1. The first-order valence-corrected chi connectivity index (χ1v) is 5.91. The number of allylic oxidation sites excluding steroid dienone is 3. The van der Waals surface area contributed by atoms with Crippen LogP contribution in [0, 0.1) is 0 Å². The van der Waals surface area contributed by atoms with Gasteiger partial charge in [-0.2, -0.15) is 0 Å². The van der Waals surface area contributed by atoms with Crippen LogP contribution in [0.1, 0.15) is 18.9 Å². The van der Waals surface area contributed by atoms with Crippen LogP contribution in [0.25, 0.3) is 0 Å². The summed E-state index contributed by atoms with van der Waals surface area (Å²) in [6.07, 6.45) is 7.30. The molecular formula is C14H18ClNO. The molecule has 0 fully saturated rings. The molecule has 0 saturated carbocycles. The molecule has 0 aliphatic rings. The third kappa shape index (κ3) is 4.53. The summed E-state index contributed by atoms with van der Waals surface area (Å²) in [6, 6.07) is 5.74. The Hall–Kier alpha value is -1.41. The lowest BCUT2D eigenvalue weighted by Crippen LogP contribution is -1.93. The third-order valence-corrected chi connectivity index (χ3v) is 2.76. The predicted octanol–water partition coefficient (Wildman–Crippen LogP) is 3.70. The molecule has 2 N–H and O–H groups in total. The highest BCUT2D eigenvalue weighted by atomic mass is 35.5. The van der Waals surface area contributed by atoms with E-state index in [-0.39, 0.29) is 0 Å². The Morgan fingerprint density at radius 1 is 1.47 bits per heavy atom. The summed E-state index contributed by atoms with van der Waals surface area (Å²) < 4.78 is 5.30. The van der Waals surface area contributed by atoms with E-state index < -0.39 is 0 Å². The van der Waals surface area contributed by atoms with Crippen molar-refractivity contribution in [1.82, 2.24) is 0 Å². The van der Waals surface area contributed by atoms with Crippen molar-refractivity contribution < 1.29 is 4.74 Å². The van der Waals surface area contributed by atoms with Crippen molar-refractivity contribution >= 4 is 11.6 Å². The Kier molecular flexibility index (Phi) is 5.64. The van der Waals surface area contributed by atoms with E-state index >= 15 is 0 Å². The lowest BCUT2D eigenvalue weighted by Gasteiger charge is -2.08. The normalized spacial score (nSPS) is 12.1. The molecule has 0 heterocycles. The van der Waals surface area contributed by atoms with E-state index in [1.54, 1.807) is 7.11 Å². The van der Waals surface area contributed by atoms with Crippen molar-refractivity contribution in [2.45, 2.75) is 19.8 Å². The van der Waals surface area contributed by atoms with Gasteiger partial charge in [-0.05, 0) is 49.7 Å². The summed E-state index contributed by atoms with van der Waals surface area (Å²) in [5.74, 6) is 0.847. The second-order valence-corrected chi connectivity index (χ2v) is 4.29. The molecule has 0 amide bonds. The first-order chi connectivity index (χ1) is 8.17. The first kappa shape index (κ1) is 13.7. The maximum atomic E-state index is 5.91. The summed E-state index contributed by atoms with van der Waals surface area (Å²) >= 11 is 5.91. The van der Waals surface area contributed by atoms with Gasteiger partial charge in [0.15, 0.2) is 0 Å². The summed E-state index contributed by atoms with van der Waals surface area (Å²) in [5.41, 5.74) is 7.74. The summed E-state index contributed by atoms with van der Waals surface area (Å²) in [7, 11) is 1.66. The highest BCUT2D eigenvalue weighted by Crippen LogP contribution is 2.25. The van der Waals surface area contributed by atoms with Gasteiger partial charge in [-0.25, -0.2) is 0 Å². The van der Waals surface area contributed by atoms with E-state index in [4.69, 9.17) is 22.1 Å². The second-order valence-electron chi connectivity index (χ2n) is 3.85. The molecule has 0 atom stereocenters. The molecule has 0 aliphatic carbocycles. The number of nitrogens with two attached hydrogens (primary N) is 1. The van der Waals surface area contributed by atoms with Crippen molar-refractivity contribution in [2.75, 3.05) is 7.11 Å². The van der Waals surface area contributed by atoms with Crippen LogP contribution in [0.2, 0.25) is 5.02 Å². The highest BCUT2D eigenvalue weighted by molar-refractivity contribution is 6.30. The topological polar surface area (TPSA) is 35.2 Å². The molecule has 0 unspecified atom stereocenters. The van der Waals surface area contributed by atoms with Gasteiger partial charge < -0.3 is 10.5 Å². The molecule has 0 radical (unpaired) electrons. The molecule has 0 aromatic heterocycles. The number of aryl methyl sites for hydroxylation is 1. The Morgan fingerprint density at radius 2 is 2.24 bits per heavy atom. The number of halogens is 1. The molecular weight excluding hydrogens is 234 g/mol. The van der Waals surface area contributed by atoms with Crippen LogP contribution in [0.15, 0.2) is 42.1 Å². The standard InChI is InChI=1S/C14H18ClNO/c1-11(4-3-9-16)5-6-12-7-8-13(15)10-14(12)17-2/h3-4,7-10H,5-6,16H2,1-2H3/b9-3-,11-4-. The van der Waals surface area contributed by atoms with Gasteiger partial charge in [0, 0.05) is 5.02 Å². The zero-order valence-electron chi connectivity index (χ0n) is 10.2. The number of rotatable bonds is 5. The van der Waals surface area contributed by atoms with E-state index in [1.807, 2.05) is 30.4 Å². The Bertz CT molecular complexity index is 424. The van der Waals surface area contributed by atoms with Crippen LogP contribution in [-0.4, -0.2) is 7.11 Å². The van der Waals surface area contributed by atoms with Crippen LogP contribution < -0.4 is 10.5 Å². The van der Waals surface area contributed by atoms with E-state index in [2.05, 4.69) is 6.92 Å². The smallest absolute Gasteiger partial charge is 0.123 e. The average molecular weight is 252 g/mol.